The molecule has 0 saturated heterocycles. The van der Waals surface area contributed by atoms with Crippen molar-refractivity contribution in [2.45, 2.75) is 45.7 Å². The number of nitrogens with one attached hydrogen (secondary N) is 1. The highest BCUT2D eigenvalue weighted by atomic mass is 28.3. The van der Waals surface area contributed by atoms with Gasteiger partial charge in [-0.05, 0) is 80.5 Å². The van der Waals surface area contributed by atoms with Crippen molar-refractivity contribution in [2.24, 2.45) is 4.99 Å². The van der Waals surface area contributed by atoms with Crippen LogP contribution in [-0.4, -0.2) is 27.9 Å². The van der Waals surface area contributed by atoms with Gasteiger partial charge in [-0.2, -0.15) is 0 Å². The van der Waals surface area contributed by atoms with Crippen LogP contribution in [0.2, 0.25) is 11.1 Å². The molecule has 2 aromatic carbocycles. The monoisotopic (exact) mass is 426 g/mol. The Bertz CT molecular complexity index is 1140. The van der Waals surface area contributed by atoms with E-state index in [1.807, 2.05) is 14.1 Å². The van der Waals surface area contributed by atoms with E-state index in [2.05, 4.69) is 106 Å². The van der Waals surface area contributed by atoms with Crippen molar-refractivity contribution in [3.05, 3.63) is 88.2 Å². The third-order valence-corrected chi connectivity index (χ3v) is 13.5. The number of allylic oxidation sites excluding steroid dienone is 5. The molecule has 4 rings (SSSR count). The molecule has 2 nitrogen and oxygen atoms in total. The first-order chi connectivity index (χ1) is 14.9. The molecule has 31 heavy (non-hydrogen) atoms. The standard InChI is InChI=1S/C28H34N2Si/c1-18(2)31(19(3)4)26-16-21(29-6)12-14-24(26)28(23-11-9-8-10-20(23)5)25-15-13-22(30-7)17-27(25)31/h8-19,29H,1-7H3/b30-22+. The molecule has 1 aliphatic carbocycles. The van der Waals surface area contributed by atoms with Crippen molar-refractivity contribution in [1.82, 2.24) is 0 Å². The lowest BCUT2D eigenvalue weighted by Gasteiger charge is -2.48. The quantitative estimate of drug-likeness (QED) is 0.559. The molecule has 0 fully saturated rings. The summed E-state index contributed by atoms with van der Waals surface area (Å²) < 4.78 is 0. The molecule has 0 unspecified atom stereocenters. The minimum Gasteiger partial charge on any atom is -0.388 e. The van der Waals surface area contributed by atoms with Crippen LogP contribution in [-0.2, 0) is 0 Å². The molecule has 0 spiro atoms. The van der Waals surface area contributed by atoms with Crippen LogP contribution in [0.5, 0.6) is 0 Å². The van der Waals surface area contributed by atoms with Gasteiger partial charge in [0.05, 0.1) is 5.71 Å². The van der Waals surface area contributed by atoms with E-state index in [1.165, 1.54) is 33.5 Å². The molecule has 0 saturated carbocycles. The van der Waals surface area contributed by atoms with Crippen molar-refractivity contribution in [1.29, 1.82) is 0 Å². The molecule has 3 heteroatoms. The minimum atomic E-state index is -2.09. The average molecular weight is 427 g/mol. The first-order valence-corrected chi connectivity index (χ1v) is 13.5. The lowest BCUT2D eigenvalue weighted by molar-refractivity contribution is 0.917. The number of aryl methyl sites for hydroxylation is 1. The summed E-state index contributed by atoms with van der Waals surface area (Å²) in [4.78, 5) is 4.57. The highest BCUT2D eigenvalue weighted by molar-refractivity contribution is 7.01. The number of rotatable bonds is 4. The van der Waals surface area contributed by atoms with Crippen LogP contribution in [0.15, 0.2) is 76.5 Å². The Labute approximate surface area is 188 Å². The van der Waals surface area contributed by atoms with Crippen molar-refractivity contribution in [2.75, 3.05) is 19.4 Å². The van der Waals surface area contributed by atoms with Gasteiger partial charge in [-0.1, -0.05) is 64.1 Å². The summed E-state index contributed by atoms with van der Waals surface area (Å²) in [5.74, 6) is 0. The average Bonchev–Trinajstić information content (AvgIpc) is 2.76. The lowest BCUT2D eigenvalue weighted by Crippen LogP contribution is -2.59. The molecule has 0 radical (unpaired) electrons. The van der Waals surface area contributed by atoms with Crippen molar-refractivity contribution >= 4 is 30.2 Å². The van der Waals surface area contributed by atoms with Gasteiger partial charge < -0.3 is 5.32 Å². The Balaban J connectivity index is 2.20. The number of anilines is 1. The van der Waals surface area contributed by atoms with Gasteiger partial charge in [0.1, 0.15) is 8.07 Å². The van der Waals surface area contributed by atoms with Crippen LogP contribution < -0.4 is 10.5 Å². The molecule has 1 aliphatic heterocycles. The van der Waals surface area contributed by atoms with Crippen LogP contribution >= 0.6 is 0 Å². The SMILES string of the molecule is C/N=C1\C=CC2=C(c3ccccc3C)c3ccc(NC)cc3[Si](C(C)C)(C(C)C)C2=C1. The van der Waals surface area contributed by atoms with E-state index in [-0.39, 0.29) is 0 Å². The number of hydrogen-bond donors (Lipinski definition) is 1. The van der Waals surface area contributed by atoms with E-state index >= 15 is 0 Å². The predicted molar refractivity (Wildman–Crippen MR) is 139 cm³/mol. The normalized spacial score (nSPS) is 18.4. The molecule has 1 heterocycles. The van der Waals surface area contributed by atoms with Crippen LogP contribution in [0.25, 0.3) is 5.57 Å². The Kier molecular flexibility index (Phi) is 5.65. The second-order valence-electron chi connectivity index (χ2n) is 9.33. The fraction of sp³-hybridized carbons (Fsp3) is 0.321. The number of nitrogens with zero attached hydrogens (tertiary/aromatic N) is 1. The highest BCUT2D eigenvalue weighted by Crippen LogP contribution is 2.50. The first kappa shape index (κ1) is 21.6. The maximum atomic E-state index is 4.57. The number of aliphatic imine (C=N–C) groups is 1. The summed E-state index contributed by atoms with van der Waals surface area (Å²) in [6.07, 6.45) is 6.92. The van der Waals surface area contributed by atoms with Gasteiger partial charge in [-0.25, -0.2) is 0 Å². The summed E-state index contributed by atoms with van der Waals surface area (Å²) in [6.45, 7) is 11.9. The van der Waals surface area contributed by atoms with Crippen LogP contribution in [0, 0.1) is 6.92 Å². The van der Waals surface area contributed by atoms with Crippen LogP contribution in [0.1, 0.15) is 44.4 Å². The number of hydrogen-bond acceptors (Lipinski definition) is 2. The van der Waals surface area contributed by atoms with Gasteiger partial charge in [-0.3, -0.25) is 4.99 Å². The van der Waals surface area contributed by atoms with E-state index in [9.17, 15) is 0 Å². The fourth-order valence-electron chi connectivity index (χ4n) is 5.84. The second kappa shape index (κ2) is 8.12. The van der Waals surface area contributed by atoms with Gasteiger partial charge in [-0.15, -0.1) is 0 Å². The van der Waals surface area contributed by atoms with E-state index < -0.39 is 8.07 Å². The van der Waals surface area contributed by atoms with E-state index in [1.54, 1.807) is 10.4 Å². The van der Waals surface area contributed by atoms with Crippen molar-refractivity contribution < 1.29 is 0 Å². The van der Waals surface area contributed by atoms with E-state index in [0.717, 1.165) is 5.71 Å². The van der Waals surface area contributed by atoms with Crippen molar-refractivity contribution in [3.63, 3.8) is 0 Å². The second-order valence-corrected chi connectivity index (χ2v) is 14.5. The summed E-state index contributed by atoms with van der Waals surface area (Å²) in [6, 6.07) is 15.8. The predicted octanol–water partition coefficient (Wildman–Crippen LogP) is 6.43. The molecule has 0 amide bonds. The molecule has 0 bridgehead atoms. The van der Waals surface area contributed by atoms with E-state index in [4.69, 9.17) is 0 Å². The summed E-state index contributed by atoms with van der Waals surface area (Å²) in [7, 11) is 1.83. The summed E-state index contributed by atoms with van der Waals surface area (Å²) >= 11 is 0. The molecule has 0 atom stereocenters. The molecular weight excluding hydrogens is 392 g/mol. The zero-order valence-electron chi connectivity index (χ0n) is 19.9. The Morgan fingerprint density at radius 3 is 2.23 bits per heavy atom. The van der Waals surface area contributed by atoms with Gasteiger partial charge >= 0.3 is 0 Å². The lowest BCUT2D eigenvalue weighted by atomic mass is 9.87. The minimum absolute atomic E-state index is 0.572. The molecule has 2 aromatic rings. The topological polar surface area (TPSA) is 24.4 Å². The van der Waals surface area contributed by atoms with Gasteiger partial charge in [0.2, 0.25) is 0 Å². The van der Waals surface area contributed by atoms with Gasteiger partial charge in [0.25, 0.3) is 0 Å². The number of fused-ring (bicyclic) bond motifs is 2. The van der Waals surface area contributed by atoms with Crippen molar-refractivity contribution in [3.8, 4) is 0 Å². The number of benzene rings is 2. The van der Waals surface area contributed by atoms with Crippen LogP contribution in [0.3, 0.4) is 0 Å². The third-order valence-electron chi connectivity index (χ3n) is 7.24. The van der Waals surface area contributed by atoms with Crippen LogP contribution in [0.4, 0.5) is 5.69 Å². The summed E-state index contributed by atoms with van der Waals surface area (Å²) in [5.41, 5.74) is 10.3. The zero-order valence-corrected chi connectivity index (χ0v) is 20.9. The fourth-order valence-corrected chi connectivity index (χ4v) is 12.0. The Hall–Kier alpha value is -2.65. The Morgan fingerprint density at radius 1 is 0.903 bits per heavy atom. The molecular formula is C28H34N2Si. The van der Waals surface area contributed by atoms with E-state index in [0.29, 0.717) is 11.1 Å². The molecule has 1 N–H and O–H groups in total. The maximum Gasteiger partial charge on any atom is 0.124 e. The molecule has 0 aromatic heterocycles. The largest absolute Gasteiger partial charge is 0.388 e. The zero-order chi connectivity index (χ0) is 22.3. The smallest absolute Gasteiger partial charge is 0.124 e. The molecule has 160 valence electrons. The molecule has 2 aliphatic rings. The highest BCUT2D eigenvalue weighted by Gasteiger charge is 2.50. The first-order valence-electron chi connectivity index (χ1n) is 11.4. The third kappa shape index (κ3) is 3.18. The van der Waals surface area contributed by atoms with Gasteiger partial charge in [0, 0.05) is 19.8 Å². The maximum absolute atomic E-state index is 4.57. The van der Waals surface area contributed by atoms with Gasteiger partial charge in [0.15, 0.2) is 0 Å². The summed E-state index contributed by atoms with van der Waals surface area (Å²) in [5, 5.41) is 6.50. The Morgan fingerprint density at radius 2 is 1.61 bits per heavy atom.